The van der Waals surface area contributed by atoms with Gasteiger partial charge in [0, 0.05) is 25.5 Å². The fourth-order valence-corrected chi connectivity index (χ4v) is 1.80. The molecule has 2 N–H and O–H groups in total. The van der Waals surface area contributed by atoms with Crippen molar-refractivity contribution in [2.45, 2.75) is 33.6 Å². The quantitative estimate of drug-likeness (QED) is 0.804. The van der Waals surface area contributed by atoms with E-state index in [9.17, 15) is 0 Å². The van der Waals surface area contributed by atoms with Crippen LogP contribution in [0.4, 0.5) is 11.6 Å². The summed E-state index contributed by atoms with van der Waals surface area (Å²) < 4.78 is 2.00. The maximum absolute atomic E-state index is 4.61. The Morgan fingerprint density at radius 2 is 2.16 bits per heavy atom. The van der Waals surface area contributed by atoms with Crippen molar-refractivity contribution in [3.05, 3.63) is 18.6 Å². The minimum atomic E-state index is 0.629. The van der Waals surface area contributed by atoms with Crippen molar-refractivity contribution in [1.82, 2.24) is 14.4 Å². The lowest BCUT2D eigenvalue weighted by Crippen LogP contribution is -2.13. The van der Waals surface area contributed by atoms with E-state index < -0.39 is 0 Å². The summed E-state index contributed by atoms with van der Waals surface area (Å²) in [6, 6.07) is 0. The van der Waals surface area contributed by atoms with E-state index in [4.69, 9.17) is 0 Å². The number of imidazole rings is 1. The van der Waals surface area contributed by atoms with Gasteiger partial charge in [0.05, 0.1) is 6.20 Å². The van der Waals surface area contributed by atoms with Crippen LogP contribution in [0.1, 0.15) is 33.6 Å². The van der Waals surface area contributed by atoms with E-state index in [1.54, 1.807) is 6.20 Å². The molecule has 2 aromatic heterocycles. The van der Waals surface area contributed by atoms with Crippen LogP contribution in [0.2, 0.25) is 0 Å². The van der Waals surface area contributed by atoms with Gasteiger partial charge in [-0.05, 0) is 12.3 Å². The molecule has 0 aromatic carbocycles. The molecular weight excluding hydrogens is 238 g/mol. The standard InChI is InChI=1S/C14H23N5/c1-4-6-15-12-10-19-8-7-16-14(19)13(18-12)17-9-11(3)5-2/h7-8,10-11,15H,4-6,9H2,1-3H3,(H,17,18). The molecule has 0 spiro atoms. The molecule has 5 nitrogen and oxygen atoms in total. The first-order valence-corrected chi connectivity index (χ1v) is 7.06. The first kappa shape index (κ1) is 13.6. The predicted octanol–water partition coefficient (Wildman–Crippen LogP) is 3.01. The highest BCUT2D eigenvalue weighted by molar-refractivity contribution is 5.65. The minimum absolute atomic E-state index is 0.629. The third-order valence-electron chi connectivity index (χ3n) is 3.25. The number of nitrogens with one attached hydrogen (secondary N) is 2. The first-order chi connectivity index (χ1) is 9.24. The fourth-order valence-electron chi connectivity index (χ4n) is 1.80. The summed E-state index contributed by atoms with van der Waals surface area (Å²) in [7, 11) is 0. The Morgan fingerprint density at radius 1 is 1.32 bits per heavy atom. The van der Waals surface area contributed by atoms with Gasteiger partial charge in [-0.25, -0.2) is 9.97 Å². The highest BCUT2D eigenvalue weighted by Gasteiger charge is 2.08. The van der Waals surface area contributed by atoms with Crippen LogP contribution in [0.3, 0.4) is 0 Å². The molecule has 2 heterocycles. The van der Waals surface area contributed by atoms with E-state index in [1.807, 2.05) is 16.8 Å². The van der Waals surface area contributed by atoms with Gasteiger partial charge in [-0.1, -0.05) is 27.2 Å². The maximum atomic E-state index is 4.61. The van der Waals surface area contributed by atoms with Crippen LogP contribution in [0, 0.1) is 5.92 Å². The van der Waals surface area contributed by atoms with E-state index in [1.165, 1.54) is 0 Å². The van der Waals surface area contributed by atoms with Crippen LogP contribution >= 0.6 is 0 Å². The average molecular weight is 261 g/mol. The molecule has 0 amide bonds. The number of aromatic nitrogens is 3. The van der Waals surface area contributed by atoms with Gasteiger partial charge in [0.1, 0.15) is 5.82 Å². The van der Waals surface area contributed by atoms with Crippen LogP contribution in [0.25, 0.3) is 5.65 Å². The van der Waals surface area contributed by atoms with Crippen molar-refractivity contribution in [2.24, 2.45) is 5.92 Å². The molecule has 0 saturated heterocycles. The number of rotatable bonds is 7. The third-order valence-corrected chi connectivity index (χ3v) is 3.25. The minimum Gasteiger partial charge on any atom is -0.369 e. The molecule has 5 heteroatoms. The Morgan fingerprint density at radius 3 is 2.89 bits per heavy atom. The van der Waals surface area contributed by atoms with Gasteiger partial charge in [0.15, 0.2) is 11.5 Å². The molecule has 0 aliphatic rings. The second-order valence-corrected chi connectivity index (χ2v) is 4.95. The Labute approximate surface area is 114 Å². The van der Waals surface area contributed by atoms with Crippen LogP contribution in [-0.2, 0) is 0 Å². The lowest BCUT2D eigenvalue weighted by molar-refractivity contribution is 0.592. The van der Waals surface area contributed by atoms with Crippen molar-refractivity contribution in [3.8, 4) is 0 Å². The van der Waals surface area contributed by atoms with E-state index >= 15 is 0 Å². The fraction of sp³-hybridized carbons (Fsp3) is 0.571. The van der Waals surface area contributed by atoms with Gasteiger partial charge < -0.3 is 15.0 Å². The van der Waals surface area contributed by atoms with Crippen molar-refractivity contribution >= 4 is 17.3 Å². The Kier molecular flexibility index (Phi) is 4.60. The first-order valence-electron chi connectivity index (χ1n) is 7.06. The number of anilines is 2. The van der Waals surface area contributed by atoms with Crippen molar-refractivity contribution in [1.29, 1.82) is 0 Å². The smallest absolute Gasteiger partial charge is 0.180 e. The molecule has 19 heavy (non-hydrogen) atoms. The molecule has 2 aromatic rings. The zero-order chi connectivity index (χ0) is 13.7. The van der Waals surface area contributed by atoms with Crippen LogP contribution in [0.5, 0.6) is 0 Å². The van der Waals surface area contributed by atoms with Crippen molar-refractivity contribution in [2.75, 3.05) is 23.7 Å². The topological polar surface area (TPSA) is 54.2 Å². The third kappa shape index (κ3) is 3.36. The van der Waals surface area contributed by atoms with Gasteiger partial charge in [-0.2, -0.15) is 0 Å². The largest absolute Gasteiger partial charge is 0.369 e. The molecule has 0 radical (unpaired) electrons. The van der Waals surface area contributed by atoms with Crippen LogP contribution in [0.15, 0.2) is 18.6 Å². The summed E-state index contributed by atoms with van der Waals surface area (Å²) in [5.74, 6) is 2.37. The Balaban J connectivity index is 2.21. The van der Waals surface area contributed by atoms with Gasteiger partial charge in [0.25, 0.3) is 0 Å². The van der Waals surface area contributed by atoms with Gasteiger partial charge in [0.2, 0.25) is 0 Å². The lowest BCUT2D eigenvalue weighted by atomic mass is 10.1. The molecule has 0 aliphatic carbocycles. The van der Waals surface area contributed by atoms with E-state index in [2.05, 4.69) is 41.4 Å². The molecule has 2 rings (SSSR count). The normalized spacial score (nSPS) is 12.6. The SMILES string of the molecule is CCCNc1cn2ccnc2c(NCC(C)CC)n1. The van der Waals surface area contributed by atoms with E-state index in [0.29, 0.717) is 5.92 Å². The van der Waals surface area contributed by atoms with Gasteiger partial charge >= 0.3 is 0 Å². The molecule has 1 unspecified atom stereocenters. The monoisotopic (exact) mass is 261 g/mol. The molecule has 0 saturated carbocycles. The second kappa shape index (κ2) is 6.41. The molecule has 1 atom stereocenters. The molecule has 104 valence electrons. The highest BCUT2D eigenvalue weighted by Crippen LogP contribution is 2.17. The number of nitrogens with zero attached hydrogens (tertiary/aromatic N) is 3. The Hall–Kier alpha value is -1.78. The maximum Gasteiger partial charge on any atom is 0.180 e. The zero-order valence-electron chi connectivity index (χ0n) is 12.0. The summed E-state index contributed by atoms with van der Waals surface area (Å²) in [6.07, 6.45) is 7.97. The van der Waals surface area contributed by atoms with Crippen LogP contribution in [-0.4, -0.2) is 27.5 Å². The average Bonchev–Trinajstić information content (AvgIpc) is 2.90. The van der Waals surface area contributed by atoms with Gasteiger partial charge in [-0.15, -0.1) is 0 Å². The number of hydrogen-bond acceptors (Lipinski definition) is 4. The van der Waals surface area contributed by atoms with Crippen LogP contribution < -0.4 is 10.6 Å². The summed E-state index contributed by atoms with van der Waals surface area (Å²) in [4.78, 5) is 8.97. The number of fused-ring (bicyclic) bond motifs is 1. The molecule has 0 fully saturated rings. The van der Waals surface area contributed by atoms with Crippen molar-refractivity contribution in [3.63, 3.8) is 0 Å². The van der Waals surface area contributed by atoms with Gasteiger partial charge in [-0.3, -0.25) is 0 Å². The van der Waals surface area contributed by atoms with E-state index in [-0.39, 0.29) is 0 Å². The van der Waals surface area contributed by atoms with E-state index in [0.717, 1.165) is 43.2 Å². The van der Waals surface area contributed by atoms with Crippen molar-refractivity contribution < 1.29 is 0 Å². The summed E-state index contributed by atoms with van der Waals surface area (Å²) in [5, 5.41) is 6.73. The second-order valence-electron chi connectivity index (χ2n) is 4.95. The molecule has 0 bridgehead atoms. The Bertz CT molecular complexity index is 520. The summed E-state index contributed by atoms with van der Waals surface area (Å²) in [5.41, 5.74) is 0.880. The summed E-state index contributed by atoms with van der Waals surface area (Å²) >= 11 is 0. The highest BCUT2D eigenvalue weighted by atomic mass is 15.1. The predicted molar refractivity (Wildman–Crippen MR) is 79.7 cm³/mol. The zero-order valence-corrected chi connectivity index (χ0v) is 12.0. The molecular formula is C14H23N5. The molecule has 0 aliphatic heterocycles. The summed E-state index contributed by atoms with van der Waals surface area (Å²) in [6.45, 7) is 8.42. The lowest BCUT2D eigenvalue weighted by Gasteiger charge is -2.13. The number of hydrogen-bond donors (Lipinski definition) is 2.